The molecule has 0 atom stereocenters. The maximum absolute atomic E-state index is 12.6. The number of ether oxygens (including phenoxy) is 1. The summed E-state index contributed by atoms with van der Waals surface area (Å²) in [5, 5.41) is 3.28. The van der Waals surface area contributed by atoms with E-state index in [2.05, 4.69) is 15.0 Å². The topological polar surface area (TPSA) is 54.5 Å². The van der Waals surface area contributed by atoms with Gasteiger partial charge in [-0.1, -0.05) is 0 Å². The van der Waals surface area contributed by atoms with Crippen LogP contribution in [-0.4, -0.2) is 37.1 Å². The largest absolute Gasteiger partial charge is 0.415 e. The number of amides is 1. The number of hydrogen-bond acceptors (Lipinski definition) is 4. The molecule has 0 saturated carbocycles. The molecular formula is C15H20ClF2N3O2. The molecule has 3 heterocycles. The molecule has 0 radical (unpaired) electrons. The lowest BCUT2D eigenvalue weighted by Crippen LogP contribution is -2.38. The van der Waals surface area contributed by atoms with Gasteiger partial charge in [-0.15, -0.1) is 12.4 Å². The minimum Gasteiger partial charge on any atom is -0.415 e. The highest BCUT2D eigenvalue weighted by Gasteiger charge is 2.45. The standard InChI is InChI=1S/C15H19F2N3O2.ClH/c1-10-2-3-11(13(19-10)22-14(16)17)20-9-15(8-12(20)21)4-6-18-7-5-15;/h2-3,14,18H,4-9H2,1H3;1H. The Bertz CT molecular complexity index is 580. The number of nitrogens with one attached hydrogen (secondary N) is 1. The molecule has 0 aliphatic carbocycles. The van der Waals surface area contributed by atoms with Crippen LogP contribution in [0.4, 0.5) is 14.5 Å². The molecule has 2 aliphatic rings. The molecule has 0 aromatic carbocycles. The molecule has 8 heteroatoms. The van der Waals surface area contributed by atoms with Crippen LogP contribution in [0.1, 0.15) is 25.0 Å². The van der Waals surface area contributed by atoms with Crippen LogP contribution in [0.3, 0.4) is 0 Å². The van der Waals surface area contributed by atoms with E-state index in [0.29, 0.717) is 24.3 Å². The minimum atomic E-state index is -2.96. The van der Waals surface area contributed by atoms with E-state index < -0.39 is 6.61 Å². The molecule has 128 valence electrons. The van der Waals surface area contributed by atoms with Crippen molar-refractivity contribution < 1.29 is 18.3 Å². The molecule has 1 aromatic rings. The van der Waals surface area contributed by atoms with Gasteiger partial charge in [0.2, 0.25) is 11.8 Å². The Labute approximate surface area is 139 Å². The second-order valence-electron chi connectivity index (χ2n) is 6.06. The molecule has 0 unspecified atom stereocenters. The van der Waals surface area contributed by atoms with Gasteiger partial charge in [-0.3, -0.25) is 4.79 Å². The summed E-state index contributed by atoms with van der Waals surface area (Å²) in [4.78, 5) is 18.0. The third-order valence-electron chi connectivity index (χ3n) is 4.46. The van der Waals surface area contributed by atoms with Crippen LogP contribution in [0.2, 0.25) is 0 Å². The molecule has 1 N–H and O–H groups in total. The van der Waals surface area contributed by atoms with E-state index in [1.807, 2.05) is 0 Å². The van der Waals surface area contributed by atoms with E-state index in [1.165, 1.54) is 0 Å². The van der Waals surface area contributed by atoms with Crippen LogP contribution < -0.4 is 15.0 Å². The highest BCUT2D eigenvalue weighted by molar-refractivity contribution is 5.97. The Morgan fingerprint density at radius 3 is 2.70 bits per heavy atom. The molecule has 1 spiro atoms. The Balaban J connectivity index is 0.00000192. The second kappa shape index (κ2) is 6.97. The fourth-order valence-corrected chi connectivity index (χ4v) is 3.31. The number of nitrogens with zero attached hydrogens (tertiary/aromatic N) is 2. The summed E-state index contributed by atoms with van der Waals surface area (Å²) < 4.78 is 29.7. The van der Waals surface area contributed by atoms with Crippen molar-refractivity contribution in [1.82, 2.24) is 10.3 Å². The molecule has 1 aromatic heterocycles. The summed E-state index contributed by atoms with van der Waals surface area (Å²) in [5.74, 6) is -0.221. The Morgan fingerprint density at radius 1 is 1.35 bits per heavy atom. The van der Waals surface area contributed by atoms with E-state index in [-0.39, 0.29) is 29.6 Å². The van der Waals surface area contributed by atoms with Crippen molar-refractivity contribution in [3.63, 3.8) is 0 Å². The molecule has 3 rings (SSSR count). The third-order valence-corrected chi connectivity index (χ3v) is 4.46. The number of rotatable bonds is 3. The number of alkyl halides is 2. The summed E-state index contributed by atoms with van der Waals surface area (Å²) >= 11 is 0. The summed E-state index contributed by atoms with van der Waals surface area (Å²) in [6.45, 7) is 1.04. The first-order valence-electron chi connectivity index (χ1n) is 7.43. The zero-order chi connectivity index (χ0) is 15.7. The zero-order valence-corrected chi connectivity index (χ0v) is 13.7. The van der Waals surface area contributed by atoms with Gasteiger partial charge < -0.3 is 15.0 Å². The highest BCUT2D eigenvalue weighted by atomic mass is 35.5. The van der Waals surface area contributed by atoms with Gasteiger partial charge in [0.1, 0.15) is 5.69 Å². The van der Waals surface area contributed by atoms with Gasteiger partial charge in [0.15, 0.2) is 0 Å². The highest BCUT2D eigenvalue weighted by Crippen LogP contribution is 2.43. The van der Waals surface area contributed by atoms with Crippen molar-refractivity contribution in [2.75, 3.05) is 24.5 Å². The van der Waals surface area contributed by atoms with Gasteiger partial charge in [0.25, 0.3) is 0 Å². The SMILES string of the molecule is Cc1ccc(N2CC3(CCNCC3)CC2=O)c(OC(F)F)n1.Cl. The first-order valence-corrected chi connectivity index (χ1v) is 7.43. The summed E-state index contributed by atoms with van der Waals surface area (Å²) in [6.07, 6.45) is 2.29. The average molecular weight is 348 g/mol. The van der Waals surface area contributed by atoms with Gasteiger partial charge >= 0.3 is 6.61 Å². The molecule has 2 fully saturated rings. The molecule has 1 amide bonds. The molecule has 0 bridgehead atoms. The number of piperidine rings is 1. The first-order chi connectivity index (χ1) is 10.5. The van der Waals surface area contributed by atoms with Gasteiger partial charge in [0.05, 0.1) is 0 Å². The Morgan fingerprint density at radius 2 is 2.04 bits per heavy atom. The monoisotopic (exact) mass is 347 g/mol. The predicted octanol–water partition coefficient (Wildman–Crippen LogP) is 2.52. The van der Waals surface area contributed by atoms with Crippen LogP contribution in [0.25, 0.3) is 0 Å². The van der Waals surface area contributed by atoms with Crippen LogP contribution >= 0.6 is 12.4 Å². The van der Waals surface area contributed by atoms with Crippen molar-refractivity contribution in [2.45, 2.75) is 32.8 Å². The van der Waals surface area contributed by atoms with Gasteiger partial charge in [-0.25, -0.2) is 4.98 Å². The van der Waals surface area contributed by atoms with Crippen LogP contribution in [0.5, 0.6) is 5.88 Å². The van der Waals surface area contributed by atoms with E-state index in [9.17, 15) is 13.6 Å². The number of carbonyl (C=O) groups excluding carboxylic acids is 1. The lowest BCUT2D eigenvalue weighted by atomic mass is 9.78. The van der Waals surface area contributed by atoms with Crippen molar-refractivity contribution in [3.05, 3.63) is 17.8 Å². The number of hydrogen-bond donors (Lipinski definition) is 1. The normalized spacial score (nSPS) is 20.0. The fourth-order valence-electron chi connectivity index (χ4n) is 3.31. The van der Waals surface area contributed by atoms with Gasteiger partial charge in [-0.05, 0) is 50.4 Å². The number of halogens is 3. The van der Waals surface area contributed by atoms with Crippen LogP contribution in [0, 0.1) is 12.3 Å². The smallest absolute Gasteiger partial charge is 0.388 e. The van der Waals surface area contributed by atoms with E-state index in [4.69, 9.17) is 0 Å². The van der Waals surface area contributed by atoms with Crippen LogP contribution in [0.15, 0.2) is 12.1 Å². The maximum Gasteiger partial charge on any atom is 0.388 e. The minimum absolute atomic E-state index is 0. The molecular weight excluding hydrogens is 328 g/mol. The quantitative estimate of drug-likeness (QED) is 0.913. The van der Waals surface area contributed by atoms with Crippen molar-refractivity contribution in [2.24, 2.45) is 5.41 Å². The number of pyridine rings is 1. The lowest BCUT2D eigenvalue weighted by Gasteiger charge is -2.33. The second-order valence-corrected chi connectivity index (χ2v) is 6.06. The zero-order valence-electron chi connectivity index (χ0n) is 12.8. The van der Waals surface area contributed by atoms with E-state index in [1.54, 1.807) is 24.0 Å². The molecule has 2 aliphatic heterocycles. The van der Waals surface area contributed by atoms with Crippen molar-refractivity contribution in [3.8, 4) is 5.88 Å². The number of anilines is 1. The van der Waals surface area contributed by atoms with E-state index in [0.717, 1.165) is 25.9 Å². The molecule has 5 nitrogen and oxygen atoms in total. The predicted molar refractivity (Wildman–Crippen MR) is 84.4 cm³/mol. The fraction of sp³-hybridized carbons (Fsp3) is 0.600. The first kappa shape index (κ1) is 17.9. The van der Waals surface area contributed by atoms with Crippen LogP contribution in [-0.2, 0) is 4.79 Å². The number of aryl methyl sites for hydroxylation is 1. The third kappa shape index (κ3) is 3.72. The Kier molecular flexibility index (Phi) is 5.41. The van der Waals surface area contributed by atoms with Crippen molar-refractivity contribution in [1.29, 1.82) is 0 Å². The number of carbonyl (C=O) groups is 1. The summed E-state index contributed by atoms with van der Waals surface area (Å²) in [6, 6.07) is 3.34. The lowest BCUT2D eigenvalue weighted by molar-refractivity contribution is -0.118. The molecule has 23 heavy (non-hydrogen) atoms. The summed E-state index contributed by atoms with van der Waals surface area (Å²) in [5.41, 5.74) is 0.851. The average Bonchev–Trinajstić information content (AvgIpc) is 2.75. The van der Waals surface area contributed by atoms with Gasteiger partial charge in [-0.2, -0.15) is 8.78 Å². The maximum atomic E-state index is 12.6. The Hall–Kier alpha value is -1.47. The van der Waals surface area contributed by atoms with E-state index >= 15 is 0 Å². The van der Waals surface area contributed by atoms with Crippen molar-refractivity contribution >= 4 is 24.0 Å². The molecule has 2 saturated heterocycles. The number of aromatic nitrogens is 1. The van der Waals surface area contributed by atoms with Gasteiger partial charge in [0, 0.05) is 18.7 Å². The summed E-state index contributed by atoms with van der Waals surface area (Å²) in [7, 11) is 0.